The van der Waals surface area contributed by atoms with E-state index in [9.17, 15) is 38.4 Å². The van der Waals surface area contributed by atoms with Crippen molar-refractivity contribution in [2.75, 3.05) is 13.6 Å². The van der Waals surface area contributed by atoms with Crippen LogP contribution in [-0.2, 0) is 48.6 Å². The predicted molar refractivity (Wildman–Crippen MR) is 155 cm³/mol. The largest absolute Gasteiger partial charge is 0.445 e. The Morgan fingerprint density at radius 1 is 0.837 bits per heavy atom. The molecular formula is C27H45NO13P2. The molecule has 0 radical (unpaired) electrons. The number of unbranched alkanes of at least 4 members (excludes halogenated alkanes) is 4. The fraction of sp³-hybridized carbons (Fsp3) is 0.667. The van der Waals surface area contributed by atoms with E-state index in [1.54, 1.807) is 30.3 Å². The smallest absolute Gasteiger partial charge is 0.407 e. The lowest BCUT2D eigenvalue weighted by Gasteiger charge is -2.34. The molecule has 16 heteroatoms. The van der Waals surface area contributed by atoms with E-state index in [4.69, 9.17) is 23.3 Å². The average Bonchev–Trinajstić information content (AvgIpc) is 2.95. The van der Waals surface area contributed by atoms with Gasteiger partial charge in [-0.25, -0.2) is 4.79 Å². The van der Waals surface area contributed by atoms with Crippen molar-refractivity contribution in [1.82, 2.24) is 5.32 Å². The second kappa shape index (κ2) is 19.9. The highest BCUT2D eigenvalue weighted by Gasteiger charge is 2.62. The summed E-state index contributed by atoms with van der Waals surface area (Å²) in [5, 5.41) is 10.2. The Kier molecular flexibility index (Phi) is 17.9. The Bertz CT molecular complexity index is 1040. The van der Waals surface area contributed by atoms with Crippen LogP contribution in [0.5, 0.6) is 0 Å². The molecule has 1 aromatic carbocycles. The molecule has 0 fully saturated rings. The molecule has 0 saturated carbocycles. The highest BCUT2D eigenvalue weighted by atomic mass is 31.2. The normalized spacial score (nSPS) is 16.1. The predicted octanol–water partition coefficient (Wildman–Crippen LogP) is 5.29. The van der Waals surface area contributed by atoms with Crippen LogP contribution in [0.4, 0.5) is 4.79 Å². The Labute approximate surface area is 252 Å². The minimum absolute atomic E-state index is 0.0198. The maximum Gasteiger partial charge on any atom is 0.407 e. The molecular weight excluding hydrogens is 608 g/mol. The standard InChI is InChI=1S/C27H45NO13P2/c1-4-6-9-15-24(29)38-20-40-42(33,34)27(32,43(35,36)41-21-39-25(30)16-10-7-5-2)18-17-22(3)28-26(31)37-19-23-13-11-8-12-14-23/h8,11-14,22,32H,4-7,9-10,15-21H2,1-3H3,(H,28,31)(H,33,34)(H,35,36). The summed E-state index contributed by atoms with van der Waals surface area (Å²) >= 11 is 0. The molecule has 0 aromatic heterocycles. The molecule has 0 spiro atoms. The zero-order valence-corrected chi connectivity index (χ0v) is 26.8. The molecule has 0 aliphatic carbocycles. The number of esters is 2. The van der Waals surface area contributed by atoms with Gasteiger partial charge < -0.3 is 34.4 Å². The van der Waals surface area contributed by atoms with E-state index in [-0.39, 0.29) is 25.9 Å². The topological polar surface area (TPSA) is 204 Å². The highest BCUT2D eigenvalue weighted by Crippen LogP contribution is 2.73. The number of benzene rings is 1. The molecule has 4 N–H and O–H groups in total. The number of carbonyl (C=O) groups is 3. The lowest BCUT2D eigenvalue weighted by Crippen LogP contribution is -2.37. The summed E-state index contributed by atoms with van der Waals surface area (Å²) in [7, 11) is -11.0. The van der Waals surface area contributed by atoms with Crippen LogP contribution in [0, 0.1) is 0 Å². The van der Waals surface area contributed by atoms with Crippen LogP contribution in [0.2, 0.25) is 0 Å². The van der Waals surface area contributed by atoms with Gasteiger partial charge in [0.1, 0.15) is 6.61 Å². The molecule has 43 heavy (non-hydrogen) atoms. The van der Waals surface area contributed by atoms with Gasteiger partial charge in [-0.15, -0.1) is 0 Å². The molecule has 0 heterocycles. The van der Waals surface area contributed by atoms with Gasteiger partial charge in [0.15, 0.2) is 0 Å². The van der Waals surface area contributed by atoms with Gasteiger partial charge in [0.2, 0.25) is 13.6 Å². The third-order valence-corrected chi connectivity index (χ3v) is 10.9. The van der Waals surface area contributed by atoms with Crippen LogP contribution in [0.1, 0.15) is 90.5 Å². The summed E-state index contributed by atoms with van der Waals surface area (Å²) in [6.45, 7) is 3.12. The number of aliphatic hydroxyl groups is 1. The van der Waals surface area contributed by atoms with Gasteiger partial charge in [-0.2, -0.15) is 0 Å². The number of rotatable bonds is 22. The average molecular weight is 654 g/mol. The third kappa shape index (κ3) is 14.3. The molecule has 1 amide bonds. The fourth-order valence-corrected chi connectivity index (χ4v) is 6.86. The molecule has 14 nitrogen and oxygen atoms in total. The van der Waals surface area contributed by atoms with Gasteiger partial charge in [-0.05, 0) is 31.7 Å². The minimum Gasteiger partial charge on any atom is -0.445 e. The van der Waals surface area contributed by atoms with E-state index in [0.717, 1.165) is 31.2 Å². The summed E-state index contributed by atoms with van der Waals surface area (Å²) in [6, 6.07) is 8.01. The molecule has 3 unspecified atom stereocenters. The molecule has 0 saturated heterocycles. The van der Waals surface area contributed by atoms with E-state index in [0.29, 0.717) is 12.8 Å². The molecule has 0 aliphatic heterocycles. The lowest BCUT2D eigenvalue weighted by molar-refractivity contribution is -0.151. The number of alkyl carbamates (subject to hydrolysis) is 1. The van der Waals surface area contributed by atoms with Crippen molar-refractivity contribution in [1.29, 1.82) is 0 Å². The van der Waals surface area contributed by atoms with Crippen molar-refractivity contribution >= 4 is 33.2 Å². The van der Waals surface area contributed by atoms with Gasteiger partial charge in [-0.1, -0.05) is 69.9 Å². The van der Waals surface area contributed by atoms with Crippen molar-refractivity contribution in [2.24, 2.45) is 0 Å². The van der Waals surface area contributed by atoms with Crippen LogP contribution in [-0.4, -0.2) is 57.6 Å². The first-order chi connectivity index (χ1) is 20.3. The first kappa shape index (κ1) is 38.7. The SMILES string of the molecule is CCCCCC(=O)OCOP(=O)(O)C(O)(CCC(C)NC(=O)OCc1ccccc1)P(=O)(O)OCOC(=O)CCCCC. The zero-order valence-electron chi connectivity index (χ0n) is 25.0. The Morgan fingerprint density at radius 3 is 1.79 bits per heavy atom. The van der Waals surface area contributed by atoms with Crippen molar-refractivity contribution in [2.45, 2.75) is 103 Å². The molecule has 1 aromatic rings. The van der Waals surface area contributed by atoms with Gasteiger partial charge in [0.25, 0.3) is 5.08 Å². The Hall–Kier alpha value is -2.31. The number of nitrogens with one attached hydrogen (secondary N) is 1. The van der Waals surface area contributed by atoms with Crippen LogP contribution >= 0.6 is 15.2 Å². The number of ether oxygens (including phenoxy) is 3. The van der Waals surface area contributed by atoms with Crippen LogP contribution in [0.15, 0.2) is 30.3 Å². The fourth-order valence-electron chi connectivity index (χ4n) is 3.61. The summed E-state index contributed by atoms with van der Waals surface area (Å²) < 4.78 is 50.4. The maximum atomic E-state index is 13.1. The van der Waals surface area contributed by atoms with Crippen molar-refractivity contribution in [3.05, 3.63) is 35.9 Å². The van der Waals surface area contributed by atoms with Gasteiger partial charge in [0, 0.05) is 25.3 Å². The summed E-state index contributed by atoms with van der Waals surface area (Å²) in [4.78, 5) is 57.1. The first-order valence-electron chi connectivity index (χ1n) is 14.2. The molecule has 1 rings (SSSR count). The number of carbonyl (C=O) groups excluding carboxylic acids is 3. The van der Waals surface area contributed by atoms with E-state index in [2.05, 4.69) is 5.32 Å². The Morgan fingerprint density at radius 2 is 1.33 bits per heavy atom. The second-order valence-corrected chi connectivity index (χ2v) is 14.3. The summed E-state index contributed by atoms with van der Waals surface area (Å²) in [5.41, 5.74) is 0.730. The summed E-state index contributed by atoms with van der Waals surface area (Å²) in [6.07, 6.45) is 2.23. The lowest BCUT2D eigenvalue weighted by atomic mass is 10.2. The van der Waals surface area contributed by atoms with E-state index >= 15 is 0 Å². The Balaban J connectivity index is 2.90. The molecule has 3 atom stereocenters. The van der Waals surface area contributed by atoms with E-state index in [1.165, 1.54) is 6.92 Å². The van der Waals surface area contributed by atoms with Crippen LogP contribution in [0.3, 0.4) is 0 Å². The number of hydrogen-bond acceptors (Lipinski definition) is 11. The van der Waals surface area contributed by atoms with Gasteiger partial charge in [0.05, 0.1) is 0 Å². The van der Waals surface area contributed by atoms with Crippen molar-refractivity contribution in [3.63, 3.8) is 0 Å². The van der Waals surface area contributed by atoms with Crippen molar-refractivity contribution < 1.29 is 61.7 Å². The van der Waals surface area contributed by atoms with Crippen molar-refractivity contribution in [3.8, 4) is 0 Å². The second-order valence-electron chi connectivity index (χ2n) is 9.90. The molecule has 246 valence electrons. The summed E-state index contributed by atoms with van der Waals surface area (Å²) in [5.74, 6) is -1.47. The number of hydrogen-bond donors (Lipinski definition) is 4. The van der Waals surface area contributed by atoms with Gasteiger partial charge in [-0.3, -0.25) is 27.8 Å². The van der Waals surface area contributed by atoms with Crippen LogP contribution < -0.4 is 5.32 Å². The molecule has 0 bridgehead atoms. The molecule has 0 aliphatic rings. The van der Waals surface area contributed by atoms with E-state index < -0.39 is 64.4 Å². The van der Waals surface area contributed by atoms with Gasteiger partial charge >= 0.3 is 33.2 Å². The first-order valence-corrected chi connectivity index (χ1v) is 17.4. The maximum absolute atomic E-state index is 13.1. The quantitative estimate of drug-likeness (QED) is 0.0413. The van der Waals surface area contributed by atoms with E-state index in [1.807, 2.05) is 13.8 Å². The van der Waals surface area contributed by atoms with Crippen LogP contribution in [0.25, 0.3) is 0 Å². The zero-order chi connectivity index (χ0) is 32.4. The third-order valence-electron chi connectivity index (χ3n) is 6.26. The number of amides is 1. The highest BCUT2D eigenvalue weighted by molar-refractivity contribution is 7.72. The monoisotopic (exact) mass is 653 g/mol. The minimum atomic E-state index is -5.50.